The Morgan fingerprint density at radius 2 is 1.90 bits per heavy atom. The van der Waals surface area contributed by atoms with E-state index in [-0.39, 0.29) is 18.3 Å². The molecule has 0 unspecified atom stereocenters. The molecule has 3 N–H and O–H groups in total. The van der Waals surface area contributed by atoms with Crippen molar-refractivity contribution in [1.29, 1.82) is 0 Å². The summed E-state index contributed by atoms with van der Waals surface area (Å²) < 4.78 is 11.8. The monoisotopic (exact) mass is 289 g/mol. The summed E-state index contributed by atoms with van der Waals surface area (Å²) in [5, 5.41) is 3.21. The summed E-state index contributed by atoms with van der Waals surface area (Å²) in [6, 6.07) is 1.92. The topological polar surface area (TPSA) is 69.4 Å². The van der Waals surface area contributed by atoms with Crippen molar-refractivity contribution in [2.24, 2.45) is 0 Å². The van der Waals surface area contributed by atoms with Crippen LogP contribution in [0.25, 0.3) is 6.08 Å². The van der Waals surface area contributed by atoms with Gasteiger partial charge in [0, 0.05) is 6.54 Å². The van der Waals surface area contributed by atoms with E-state index in [1.807, 2.05) is 52.7 Å². The molecule has 0 saturated carbocycles. The van der Waals surface area contributed by atoms with Gasteiger partial charge in [-0.15, -0.1) is 0 Å². The van der Waals surface area contributed by atoms with Crippen molar-refractivity contribution < 1.29 is 9.31 Å². The first-order valence-corrected chi connectivity index (χ1v) is 7.28. The Bertz CT molecular complexity index is 528. The molecule has 5 nitrogen and oxygen atoms in total. The number of hydrogen-bond donors (Lipinski definition) is 2. The fraction of sp³-hybridized carbons (Fsp3) is 0.533. The number of nitrogens with two attached hydrogens (primary N) is 1. The van der Waals surface area contributed by atoms with Crippen LogP contribution in [0.15, 0.2) is 18.2 Å². The molecule has 0 radical (unpaired) electrons. The van der Waals surface area contributed by atoms with Gasteiger partial charge in [-0.05, 0) is 46.8 Å². The second-order valence-electron chi connectivity index (χ2n) is 6.21. The molecule has 6 heteroatoms. The van der Waals surface area contributed by atoms with Gasteiger partial charge in [-0.2, -0.15) is 0 Å². The zero-order valence-electron chi connectivity index (χ0n) is 13.4. The van der Waals surface area contributed by atoms with Gasteiger partial charge in [0.25, 0.3) is 0 Å². The van der Waals surface area contributed by atoms with Gasteiger partial charge in [0.15, 0.2) is 0 Å². The fourth-order valence-electron chi connectivity index (χ4n) is 2.06. The minimum Gasteiger partial charge on any atom is -0.400 e. The van der Waals surface area contributed by atoms with Gasteiger partial charge >= 0.3 is 7.12 Å². The van der Waals surface area contributed by atoms with Gasteiger partial charge < -0.3 is 20.4 Å². The van der Waals surface area contributed by atoms with Crippen molar-refractivity contribution >= 4 is 24.6 Å². The van der Waals surface area contributed by atoms with Crippen molar-refractivity contribution in [3.8, 4) is 0 Å². The van der Waals surface area contributed by atoms with Crippen molar-refractivity contribution in [3.63, 3.8) is 0 Å². The highest BCUT2D eigenvalue weighted by molar-refractivity contribution is 6.52. The van der Waals surface area contributed by atoms with Crippen LogP contribution < -0.4 is 11.1 Å². The van der Waals surface area contributed by atoms with E-state index in [1.165, 1.54) is 0 Å². The molecule has 1 saturated heterocycles. The van der Waals surface area contributed by atoms with Crippen LogP contribution in [0.5, 0.6) is 0 Å². The highest BCUT2D eigenvalue weighted by Gasteiger charge is 2.49. The molecule has 0 amide bonds. The van der Waals surface area contributed by atoms with Crippen molar-refractivity contribution in [2.45, 2.75) is 45.8 Å². The van der Waals surface area contributed by atoms with Crippen LogP contribution in [-0.4, -0.2) is 29.8 Å². The quantitative estimate of drug-likeness (QED) is 0.834. The summed E-state index contributed by atoms with van der Waals surface area (Å²) >= 11 is 0. The lowest BCUT2D eigenvalue weighted by molar-refractivity contribution is 0.00578. The zero-order valence-corrected chi connectivity index (χ0v) is 13.4. The van der Waals surface area contributed by atoms with Gasteiger partial charge in [0.1, 0.15) is 0 Å². The summed E-state index contributed by atoms with van der Waals surface area (Å²) in [6.07, 6.45) is 3.55. The average molecular weight is 289 g/mol. The first-order valence-electron chi connectivity index (χ1n) is 7.28. The van der Waals surface area contributed by atoms with E-state index in [2.05, 4.69) is 10.3 Å². The summed E-state index contributed by atoms with van der Waals surface area (Å²) in [6.45, 7) is 11.0. The third-order valence-corrected chi connectivity index (χ3v) is 4.02. The standard InChI is InChI=1S/C15H24BN3O2/c1-6-18-13-9-11(19-10-12(13)17)7-8-16-20-14(2,3)15(4,5)21-16/h7-10H,6,17H2,1-5H3,(H,18,19)/b8-7+. The lowest BCUT2D eigenvalue weighted by Crippen LogP contribution is -2.41. The average Bonchev–Trinajstić information content (AvgIpc) is 2.59. The Morgan fingerprint density at radius 1 is 1.29 bits per heavy atom. The summed E-state index contributed by atoms with van der Waals surface area (Å²) in [5.74, 6) is 1.88. The van der Waals surface area contributed by atoms with Crippen LogP contribution >= 0.6 is 0 Å². The zero-order chi connectivity index (χ0) is 15.7. The number of aromatic nitrogens is 1. The van der Waals surface area contributed by atoms with Crippen molar-refractivity contribution in [3.05, 3.63) is 23.9 Å². The molecule has 1 aliphatic rings. The molecule has 2 rings (SSSR count). The first-order chi connectivity index (χ1) is 9.75. The molecule has 2 heterocycles. The van der Waals surface area contributed by atoms with E-state index >= 15 is 0 Å². The third-order valence-electron chi connectivity index (χ3n) is 4.02. The predicted molar refractivity (Wildman–Crippen MR) is 87.9 cm³/mol. The number of nitrogen functional groups attached to an aromatic ring is 1. The minimum atomic E-state index is -0.364. The van der Waals surface area contributed by atoms with Crippen LogP contribution in [0.2, 0.25) is 0 Å². The Balaban J connectivity index is 2.11. The van der Waals surface area contributed by atoms with E-state index < -0.39 is 0 Å². The second kappa shape index (κ2) is 5.69. The number of anilines is 2. The maximum atomic E-state index is 5.91. The predicted octanol–water partition coefficient (Wildman–Crippen LogP) is 2.74. The molecule has 1 fully saturated rings. The molecule has 0 bridgehead atoms. The number of nitrogens with one attached hydrogen (secondary N) is 1. The molecule has 1 aliphatic heterocycles. The fourth-order valence-corrected chi connectivity index (χ4v) is 2.06. The van der Waals surface area contributed by atoms with E-state index in [1.54, 1.807) is 6.20 Å². The van der Waals surface area contributed by atoms with Gasteiger partial charge in [-0.25, -0.2) is 0 Å². The van der Waals surface area contributed by atoms with Crippen LogP contribution in [0, 0.1) is 0 Å². The molecule has 0 atom stereocenters. The van der Waals surface area contributed by atoms with Crippen LogP contribution in [-0.2, 0) is 9.31 Å². The van der Waals surface area contributed by atoms with E-state index in [0.717, 1.165) is 17.9 Å². The minimum absolute atomic E-state index is 0.328. The van der Waals surface area contributed by atoms with E-state index in [0.29, 0.717) is 5.69 Å². The third kappa shape index (κ3) is 3.39. The number of rotatable bonds is 4. The van der Waals surface area contributed by atoms with Crippen LogP contribution in [0.1, 0.15) is 40.3 Å². The van der Waals surface area contributed by atoms with E-state index in [9.17, 15) is 0 Å². The largest absolute Gasteiger partial charge is 0.487 e. The SMILES string of the molecule is CCNc1cc(/C=C/B2OC(C)(C)C(C)(C)O2)ncc1N. The van der Waals surface area contributed by atoms with Crippen molar-refractivity contribution in [2.75, 3.05) is 17.6 Å². The Kier molecular flexibility index (Phi) is 4.30. The number of hydrogen-bond acceptors (Lipinski definition) is 5. The van der Waals surface area contributed by atoms with Gasteiger partial charge in [0.2, 0.25) is 0 Å². The Morgan fingerprint density at radius 3 is 2.48 bits per heavy atom. The van der Waals surface area contributed by atoms with Crippen LogP contribution in [0.4, 0.5) is 11.4 Å². The molecule has 114 valence electrons. The van der Waals surface area contributed by atoms with E-state index in [4.69, 9.17) is 15.0 Å². The Labute approximate surface area is 127 Å². The van der Waals surface area contributed by atoms with Gasteiger partial charge in [-0.1, -0.05) is 5.98 Å². The lowest BCUT2D eigenvalue weighted by atomic mass is 9.89. The molecule has 1 aromatic heterocycles. The van der Waals surface area contributed by atoms with Gasteiger partial charge in [0.05, 0.1) is 34.5 Å². The maximum absolute atomic E-state index is 5.91. The summed E-state index contributed by atoms with van der Waals surface area (Å²) in [7, 11) is -0.364. The smallest absolute Gasteiger partial charge is 0.400 e. The summed E-state index contributed by atoms with van der Waals surface area (Å²) in [5.41, 5.74) is 7.56. The highest BCUT2D eigenvalue weighted by atomic mass is 16.7. The maximum Gasteiger partial charge on any atom is 0.487 e. The normalized spacial score (nSPS) is 20.1. The molecule has 1 aromatic rings. The second-order valence-corrected chi connectivity index (χ2v) is 6.21. The van der Waals surface area contributed by atoms with Crippen molar-refractivity contribution in [1.82, 2.24) is 4.98 Å². The number of pyridine rings is 1. The first kappa shape index (κ1) is 15.9. The molecule has 0 spiro atoms. The lowest BCUT2D eigenvalue weighted by Gasteiger charge is -2.32. The van der Waals surface area contributed by atoms with Crippen LogP contribution in [0.3, 0.4) is 0 Å². The molecular formula is C15H24BN3O2. The molecule has 0 aromatic carbocycles. The highest BCUT2D eigenvalue weighted by Crippen LogP contribution is 2.37. The summed E-state index contributed by atoms with van der Waals surface area (Å²) in [4.78, 5) is 4.29. The molecule has 21 heavy (non-hydrogen) atoms. The molecular weight excluding hydrogens is 265 g/mol. The van der Waals surface area contributed by atoms with Gasteiger partial charge in [-0.3, -0.25) is 4.98 Å². The molecule has 0 aliphatic carbocycles. The Hall–Kier alpha value is -1.53. The number of nitrogens with zero attached hydrogens (tertiary/aromatic N) is 1.